The van der Waals surface area contributed by atoms with Crippen LogP contribution in [0.3, 0.4) is 0 Å². The van der Waals surface area contributed by atoms with Crippen LogP contribution in [0.1, 0.15) is 144 Å². The first-order valence-corrected chi connectivity index (χ1v) is 38.8. The van der Waals surface area contributed by atoms with Crippen molar-refractivity contribution < 1.29 is 120 Å². The van der Waals surface area contributed by atoms with Gasteiger partial charge in [-0.05, 0) is 82.0 Å². The number of aliphatic carboxylic acids is 1. The smallest absolute Gasteiger partial charge is 0.469 e. The number of urea groups is 1. The molecule has 4 heterocycles. The normalized spacial score (nSPS) is 19.6. The average Bonchev–Trinajstić information content (AvgIpc) is 1.71. The molecule has 0 bridgehead atoms. The lowest BCUT2D eigenvalue weighted by Gasteiger charge is -2.33. The zero-order chi connectivity index (χ0) is 83.3. The molecule has 0 aromatic carbocycles. The predicted molar refractivity (Wildman–Crippen MR) is 388 cm³/mol. The highest BCUT2D eigenvalue weighted by Crippen LogP contribution is 2.36. The zero-order valence-electron chi connectivity index (χ0n) is 62.5. The van der Waals surface area contributed by atoms with Crippen LogP contribution >= 0.6 is 19.6 Å². The van der Waals surface area contributed by atoms with Gasteiger partial charge in [0.25, 0.3) is 0 Å². The van der Waals surface area contributed by atoms with Gasteiger partial charge in [0.2, 0.25) is 100 Å². The molecule has 0 radical (unpaired) electrons. The van der Waals surface area contributed by atoms with Crippen LogP contribution in [-0.2, 0) is 95.4 Å². The number of aliphatic hydroxyl groups excluding tert-OH is 1. The van der Waals surface area contributed by atoms with Gasteiger partial charge in [-0.25, -0.2) is 9.36 Å². The highest BCUT2D eigenvalue weighted by molar-refractivity contribution is 8.00. The van der Waals surface area contributed by atoms with E-state index < -0.39 is 244 Å². The third-order valence-corrected chi connectivity index (χ3v) is 20.1. The first kappa shape index (κ1) is 93.5. The van der Waals surface area contributed by atoms with Crippen LogP contribution in [0, 0.1) is 17.8 Å². The summed E-state index contributed by atoms with van der Waals surface area (Å²) in [6, 6.07) is -18.5. The zero-order valence-corrected chi connectivity index (χ0v) is 64.2. The molecule has 0 saturated carbocycles. The van der Waals surface area contributed by atoms with E-state index in [0.717, 1.165) is 22.0 Å². The fourth-order valence-electron chi connectivity index (χ4n) is 12.6. The molecule has 0 spiro atoms. The highest BCUT2D eigenvalue weighted by atomic mass is 32.2. The monoisotopic (exact) mass is 1620 g/mol. The minimum Gasteiger partial charge on any atom is -0.481 e. The van der Waals surface area contributed by atoms with Crippen molar-refractivity contribution in [1.82, 2.24) is 78.9 Å². The van der Waals surface area contributed by atoms with E-state index in [1.54, 1.807) is 39.5 Å². The van der Waals surface area contributed by atoms with E-state index >= 15 is 0 Å². The first-order valence-electron chi connectivity index (χ1n) is 36.2. The van der Waals surface area contributed by atoms with Gasteiger partial charge in [0.15, 0.2) is 0 Å². The summed E-state index contributed by atoms with van der Waals surface area (Å²) in [5.74, 6) is -20.0. The summed E-state index contributed by atoms with van der Waals surface area (Å²) in [5.41, 5.74) is 21.4. The quantitative estimate of drug-likeness (QED) is 0.0153. The van der Waals surface area contributed by atoms with Gasteiger partial charge in [-0.3, -0.25) is 90.8 Å². The fraction of sp³-hybridized carbons (Fsp3) is 0.708. The van der Waals surface area contributed by atoms with Crippen LogP contribution in [0.15, 0.2) is 0 Å². The third-order valence-electron chi connectivity index (χ3n) is 18.1. The van der Waals surface area contributed by atoms with Crippen LogP contribution in [0.2, 0.25) is 0 Å². The number of carbonyl (C=O) groups is 19. The fourth-order valence-corrected chi connectivity index (χ4v) is 14.5. The van der Waals surface area contributed by atoms with Crippen molar-refractivity contribution in [2.75, 3.05) is 45.1 Å². The molecule has 4 fully saturated rings. The third kappa shape index (κ3) is 31.8. The molecule has 0 aromatic rings. The second-order valence-electron chi connectivity index (χ2n) is 28.5. The molecule has 14 atom stereocenters. The van der Waals surface area contributed by atoms with E-state index in [-0.39, 0.29) is 100 Å². The van der Waals surface area contributed by atoms with Crippen LogP contribution in [-0.4, -0.2) is 271 Å². The minimum absolute atomic E-state index is 0.00459. The number of nitrogens with two attached hydrogens (primary N) is 4. The lowest BCUT2D eigenvalue weighted by Crippen LogP contribution is -2.62. The maximum atomic E-state index is 14.6. The summed E-state index contributed by atoms with van der Waals surface area (Å²) >= 11 is 1.72. The predicted octanol–water partition coefficient (Wildman–Crippen LogP) is -8.49. The molecule has 0 unspecified atom stereocenters. The Hall–Kier alpha value is -9.85. The number of carbonyl (C=O) groups excluding carboxylic acids is 18. The molecule has 25 N–H and O–H groups in total. The number of carboxylic acid groups (broad SMARTS) is 1. The number of aliphatic hydroxyl groups is 1. The molecule has 44 nitrogen and oxygen atoms in total. The Balaban J connectivity index is 1.45. The van der Waals surface area contributed by atoms with Crippen molar-refractivity contribution in [1.29, 1.82) is 0 Å². The Morgan fingerprint density at radius 2 is 1.02 bits per heavy atom. The van der Waals surface area contributed by atoms with Gasteiger partial charge in [-0.15, -0.1) is 0 Å². The van der Waals surface area contributed by atoms with Gasteiger partial charge in [-0.2, -0.15) is 11.8 Å². The molecule has 4 aliphatic rings. The Morgan fingerprint density at radius 3 is 1.54 bits per heavy atom. The second-order valence-corrected chi connectivity index (χ2v) is 31.0. The molecule has 4 rings (SSSR count). The molecule has 4 saturated heterocycles. The summed E-state index contributed by atoms with van der Waals surface area (Å²) in [7, 11) is -5.44. The van der Waals surface area contributed by atoms with Crippen molar-refractivity contribution in [2.24, 2.45) is 40.7 Å². The number of amides is 19. The number of hydrogen-bond donors (Lipinski definition) is 21. The van der Waals surface area contributed by atoms with Gasteiger partial charge in [0.1, 0.15) is 66.5 Å². The van der Waals surface area contributed by atoms with Gasteiger partial charge < -0.3 is 122 Å². The van der Waals surface area contributed by atoms with E-state index in [2.05, 4.69) is 69.1 Å². The number of fused-ring (bicyclic) bond motifs is 1. The van der Waals surface area contributed by atoms with E-state index in [4.69, 9.17) is 27.5 Å². The Kier molecular flexibility index (Phi) is 37.8. The number of primary amides is 4. The number of unbranched alkanes of at least 4 members (excludes halogenated alkanes) is 1. The molecule has 4 aliphatic heterocycles. The van der Waals surface area contributed by atoms with Crippen LogP contribution in [0.5, 0.6) is 0 Å². The second kappa shape index (κ2) is 44.9. The minimum atomic E-state index is -5.44. The van der Waals surface area contributed by atoms with E-state index in [1.807, 2.05) is 0 Å². The van der Waals surface area contributed by atoms with Gasteiger partial charge in [-0.1, -0.05) is 48.0 Å². The molecular weight excluding hydrogens is 1510 g/mol. The topological polar surface area (TPSA) is 698 Å². The summed E-state index contributed by atoms with van der Waals surface area (Å²) in [5, 5.41) is 51.1. The van der Waals surface area contributed by atoms with Crippen LogP contribution in [0.4, 0.5) is 4.79 Å². The number of phosphoric ester groups is 1. The molecule has 0 aliphatic carbocycles. The highest BCUT2D eigenvalue weighted by Gasteiger charge is 2.46. The lowest BCUT2D eigenvalue weighted by atomic mass is 9.99. The SMILES string of the molecule is CC(C)C[C@H](NC(=O)[C@@H](NC(=O)[C@H](CC(N)=O)NC(=O)[C@H](CC(N)=O)NC(=O)[C@H](CCC(=O)O)NC(=O)CNC(=O)CNC(=O)CCCC[C@@H]1SC[C@@H]2NC(=O)N[C@@H]21)C(C)C)C(=O)N[C@@H](COP(=O)(O)O)C(=O)N1CCC[C@H]1C(=O)N[C@@H](CC(C)C)C(=O)N1CCC[C@H]1C(=O)N[C@@H](CO)C(=O)N[C@@H](CCC(N)=O)C(N)=O. The molecule has 0 aromatic heterocycles. The molecule has 19 amide bonds. The van der Waals surface area contributed by atoms with Crippen molar-refractivity contribution in [3.8, 4) is 0 Å². The summed E-state index contributed by atoms with van der Waals surface area (Å²) in [4.78, 5) is 273. The Morgan fingerprint density at radius 1 is 0.541 bits per heavy atom. The number of carboxylic acids is 1. The van der Waals surface area contributed by atoms with Crippen LogP contribution < -0.4 is 92.1 Å². The standard InChI is InChI=1S/C65H106N19O25PS/c1-30(2)21-35(56(96)79-40(28-109-110(106,107)108)64(104)84-20-10-11-42(84)60(100)77-38(22-31(3)4)63(103)83-19-9-12-43(83)61(101)78-39(27-85)59(99)73-33(54(69)94)15-17-45(66)86)76-62(102)52(32(5)6)81-58(98)37(24-47(68)88)75-57(97)36(23-46(67)87)74-55(95)34(16-18-51(92)93)72-50(91)26-71-49(90)25-70-48(89)14-8-7-13-44-53-41(29-111-44)80-65(105)82-53/h30-44,52-53,85H,7-29H2,1-6H3,(H2,66,86)(H2,67,87)(H2,68,88)(H2,69,94)(H,70,89)(H,71,90)(H,72,91)(H,73,99)(H,74,95)(H,75,97)(H,76,102)(H,77,100)(H,78,101)(H,79,96)(H,81,98)(H,92,93)(H2,80,82,105)(H2,106,107,108)/t33-,34-,35-,36-,37-,38-,39-,40-,41-,42-,43-,44-,52-,53-/m0/s1. The summed E-state index contributed by atoms with van der Waals surface area (Å²) in [6.45, 7) is 5.75. The van der Waals surface area contributed by atoms with Gasteiger partial charge in [0.05, 0.1) is 51.2 Å². The Bertz CT molecular complexity index is 3480. The number of hydrogen-bond acceptors (Lipinski definition) is 23. The first-order chi connectivity index (χ1) is 52.0. The number of phosphoric acid groups is 1. The van der Waals surface area contributed by atoms with Crippen molar-refractivity contribution in [3.63, 3.8) is 0 Å². The largest absolute Gasteiger partial charge is 0.481 e. The maximum Gasteiger partial charge on any atom is 0.469 e. The maximum absolute atomic E-state index is 14.6. The van der Waals surface area contributed by atoms with E-state index in [1.165, 1.54) is 13.8 Å². The molecule has 622 valence electrons. The summed E-state index contributed by atoms with van der Waals surface area (Å²) in [6.07, 6.45) is -1.96. The van der Waals surface area contributed by atoms with Crippen LogP contribution in [0.25, 0.3) is 0 Å². The van der Waals surface area contributed by atoms with Crippen molar-refractivity contribution >= 4 is 132 Å². The van der Waals surface area contributed by atoms with E-state index in [9.17, 15) is 116 Å². The number of thioether (sulfide) groups is 1. The van der Waals surface area contributed by atoms with Gasteiger partial charge >= 0.3 is 19.8 Å². The van der Waals surface area contributed by atoms with Gasteiger partial charge in [0, 0.05) is 43.4 Å². The number of nitrogens with zero attached hydrogens (tertiary/aromatic N) is 2. The molecular formula is C65H106N19O25PS. The lowest BCUT2D eigenvalue weighted by molar-refractivity contribution is -0.145. The molecule has 111 heavy (non-hydrogen) atoms. The van der Waals surface area contributed by atoms with Crippen molar-refractivity contribution in [3.05, 3.63) is 0 Å². The number of likely N-dealkylation sites (tertiary alicyclic amines) is 2. The number of nitrogens with one attached hydrogen (secondary N) is 13. The Labute approximate surface area is 642 Å². The average molecular weight is 1620 g/mol. The van der Waals surface area contributed by atoms with E-state index in [0.29, 0.717) is 12.8 Å². The number of rotatable bonds is 48. The summed E-state index contributed by atoms with van der Waals surface area (Å²) < 4.78 is 16.9. The molecule has 46 heteroatoms. The van der Waals surface area contributed by atoms with Crippen molar-refractivity contribution in [2.45, 2.75) is 228 Å².